The number of likely N-dealkylation sites (tertiary alicyclic amines) is 2. The standard InChI is InChI=1S/C22H33N3O3/c26-15-20-17-11-16(19-5-1-2-10-25(19)20)12-24(13-17)22(27)21-7-6-18(28-21)14-23-8-3-4-9-23/h6-7,16-17,19-20,26H,1-5,8-15H2/t16-,17+,19+,20+/m1/s1. The van der Waals surface area contributed by atoms with Crippen molar-refractivity contribution < 1.29 is 14.3 Å². The maximum atomic E-state index is 13.2. The molecule has 1 N–H and O–H groups in total. The molecule has 0 aromatic carbocycles. The van der Waals surface area contributed by atoms with Crippen molar-refractivity contribution in [2.75, 3.05) is 39.3 Å². The molecular formula is C22H33N3O3. The summed E-state index contributed by atoms with van der Waals surface area (Å²) in [6.45, 7) is 5.94. The van der Waals surface area contributed by atoms with Crippen molar-refractivity contribution in [2.24, 2.45) is 11.8 Å². The highest BCUT2D eigenvalue weighted by Crippen LogP contribution is 2.41. The zero-order valence-electron chi connectivity index (χ0n) is 16.8. The highest BCUT2D eigenvalue weighted by atomic mass is 16.4. The van der Waals surface area contributed by atoms with Gasteiger partial charge in [0.15, 0.2) is 5.76 Å². The molecule has 4 aliphatic rings. The number of aliphatic hydroxyl groups is 1. The number of nitrogens with zero attached hydrogens (tertiary/aromatic N) is 3. The Morgan fingerprint density at radius 2 is 1.86 bits per heavy atom. The summed E-state index contributed by atoms with van der Waals surface area (Å²) in [6, 6.07) is 4.56. The number of piperidine rings is 3. The maximum absolute atomic E-state index is 13.2. The van der Waals surface area contributed by atoms with Gasteiger partial charge >= 0.3 is 0 Å². The van der Waals surface area contributed by atoms with E-state index in [0.717, 1.165) is 51.4 Å². The zero-order valence-corrected chi connectivity index (χ0v) is 16.8. The molecule has 2 bridgehead atoms. The summed E-state index contributed by atoms with van der Waals surface area (Å²) in [5.74, 6) is 2.32. The van der Waals surface area contributed by atoms with E-state index in [1.165, 1.54) is 32.1 Å². The topological polar surface area (TPSA) is 60.2 Å². The van der Waals surface area contributed by atoms with Crippen LogP contribution in [0.2, 0.25) is 0 Å². The van der Waals surface area contributed by atoms with Gasteiger partial charge in [0.2, 0.25) is 0 Å². The average Bonchev–Trinajstić information content (AvgIpc) is 3.40. The molecular weight excluding hydrogens is 354 g/mol. The fourth-order valence-electron chi connectivity index (χ4n) is 6.22. The smallest absolute Gasteiger partial charge is 0.289 e. The van der Waals surface area contributed by atoms with Gasteiger partial charge in [-0.3, -0.25) is 14.6 Å². The predicted molar refractivity (Wildman–Crippen MR) is 106 cm³/mol. The second kappa shape index (κ2) is 7.81. The largest absolute Gasteiger partial charge is 0.455 e. The molecule has 4 fully saturated rings. The van der Waals surface area contributed by atoms with Crippen LogP contribution in [0.3, 0.4) is 0 Å². The van der Waals surface area contributed by atoms with E-state index in [1.807, 2.05) is 17.0 Å². The maximum Gasteiger partial charge on any atom is 0.289 e. The van der Waals surface area contributed by atoms with Crippen LogP contribution in [0.4, 0.5) is 0 Å². The molecule has 0 saturated carbocycles. The minimum absolute atomic E-state index is 0.0309. The molecule has 4 aliphatic heterocycles. The van der Waals surface area contributed by atoms with E-state index in [2.05, 4.69) is 9.80 Å². The first-order valence-corrected chi connectivity index (χ1v) is 11.2. The highest BCUT2D eigenvalue weighted by Gasteiger charge is 2.47. The van der Waals surface area contributed by atoms with E-state index < -0.39 is 0 Å². The van der Waals surface area contributed by atoms with Crippen molar-refractivity contribution in [3.05, 3.63) is 23.7 Å². The van der Waals surface area contributed by atoms with E-state index in [-0.39, 0.29) is 18.6 Å². The SMILES string of the molecule is O=C(c1ccc(CN2CCCC2)o1)N1C[C@H]2C[C@@H](C1)[C@H](CO)N1CCCC[C@@H]21. The number of rotatable bonds is 4. The molecule has 6 heteroatoms. The summed E-state index contributed by atoms with van der Waals surface area (Å²) >= 11 is 0. The number of furan rings is 1. The summed E-state index contributed by atoms with van der Waals surface area (Å²) in [7, 11) is 0. The van der Waals surface area contributed by atoms with Gasteiger partial charge in [0, 0.05) is 25.2 Å². The van der Waals surface area contributed by atoms with Crippen molar-refractivity contribution in [3.8, 4) is 0 Å². The van der Waals surface area contributed by atoms with Gasteiger partial charge in [-0.25, -0.2) is 0 Å². The average molecular weight is 388 g/mol. The zero-order chi connectivity index (χ0) is 19.1. The molecule has 28 heavy (non-hydrogen) atoms. The predicted octanol–water partition coefficient (Wildman–Crippen LogP) is 2.18. The Balaban J connectivity index is 1.29. The third-order valence-electron chi connectivity index (χ3n) is 7.55. The van der Waals surface area contributed by atoms with E-state index in [0.29, 0.717) is 23.6 Å². The Hall–Kier alpha value is -1.37. The fraction of sp³-hybridized carbons (Fsp3) is 0.773. The van der Waals surface area contributed by atoms with Gasteiger partial charge in [-0.05, 0) is 75.7 Å². The summed E-state index contributed by atoms with van der Waals surface area (Å²) in [4.78, 5) is 20.1. The summed E-state index contributed by atoms with van der Waals surface area (Å²) in [5.41, 5.74) is 0. The molecule has 0 spiro atoms. The molecule has 1 aromatic heterocycles. The van der Waals surface area contributed by atoms with Crippen LogP contribution in [0.25, 0.3) is 0 Å². The van der Waals surface area contributed by atoms with Crippen LogP contribution in [-0.4, -0.2) is 77.1 Å². The van der Waals surface area contributed by atoms with Crippen LogP contribution >= 0.6 is 0 Å². The lowest BCUT2D eigenvalue weighted by atomic mass is 9.72. The summed E-state index contributed by atoms with van der Waals surface area (Å²) in [6.07, 6.45) is 7.37. The van der Waals surface area contributed by atoms with Crippen LogP contribution in [0.5, 0.6) is 0 Å². The van der Waals surface area contributed by atoms with Gasteiger partial charge in [-0.2, -0.15) is 0 Å². The molecule has 154 valence electrons. The first kappa shape index (κ1) is 18.6. The fourth-order valence-corrected chi connectivity index (χ4v) is 6.22. The molecule has 0 aliphatic carbocycles. The van der Waals surface area contributed by atoms with Crippen LogP contribution in [0.1, 0.15) is 54.8 Å². The van der Waals surface area contributed by atoms with Crippen molar-refractivity contribution in [3.63, 3.8) is 0 Å². The quantitative estimate of drug-likeness (QED) is 0.858. The minimum Gasteiger partial charge on any atom is -0.455 e. The van der Waals surface area contributed by atoms with E-state index in [9.17, 15) is 9.90 Å². The second-order valence-electron chi connectivity index (χ2n) is 9.27. The Morgan fingerprint density at radius 3 is 2.68 bits per heavy atom. The number of carbonyl (C=O) groups is 1. The highest BCUT2D eigenvalue weighted by molar-refractivity contribution is 5.91. The molecule has 6 nitrogen and oxygen atoms in total. The molecule has 0 unspecified atom stereocenters. The molecule has 1 amide bonds. The Labute approximate surface area is 167 Å². The number of aliphatic hydroxyl groups excluding tert-OH is 1. The Bertz CT molecular complexity index is 685. The van der Waals surface area contributed by atoms with E-state index >= 15 is 0 Å². The molecule has 5 heterocycles. The van der Waals surface area contributed by atoms with E-state index in [4.69, 9.17) is 4.42 Å². The minimum atomic E-state index is 0.0309. The third kappa shape index (κ3) is 3.40. The normalized spacial score (nSPS) is 33.8. The molecule has 4 atom stereocenters. The van der Waals surface area contributed by atoms with Gasteiger partial charge < -0.3 is 14.4 Å². The first-order chi connectivity index (χ1) is 13.7. The van der Waals surface area contributed by atoms with Crippen molar-refractivity contribution in [1.29, 1.82) is 0 Å². The van der Waals surface area contributed by atoms with Gasteiger partial charge in [0.1, 0.15) is 5.76 Å². The van der Waals surface area contributed by atoms with Gasteiger partial charge in [-0.1, -0.05) is 6.42 Å². The second-order valence-corrected chi connectivity index (χ2v) is 9.27. The summed E-state index contributed by atoms with van der Waals surface area (Å²) in [5, 5.41) is 10.1. The number of hydrogen-bond acceptors (Lipinski definition) is 5. The summed E-state index contributed by atoms with van der Waals surface area (Å²) < 4.78 is 5.95. The Kier molecular flexibility index (Phi) is 5.20. The van der Waals surface area contributed by atoms with Crippen molar-refractivity contribution in [2.45, 2.75) is 57.2 Å². The number of hydrogen-bond donors (Lipinski definition) is 1. The Morgan fingerprint density at radius 1 is 1.07 bits per heavy atom. The van der Waals surface area contributed by atoms with Crippen molar-refractivity contribution >= 4 is 5.91 Å². The van der Waals surface area contributed by atoms with Crippen LogP contribution < -0.4 is 0 Å². The van der Waals surface area contributed by atoms with Gasteiger partial charge in [-0.15, -0.1) is 0 Å². The van der Waals surface area contributed by atoms with Crippen LogP contribution in [0, 0.1) is 11.8 Å². The lowest BCUT2D eigenvalue weighted by molar-refractivity contribution is -0.0798. The number of fused-ring (bicyclic) bond motifs is 4. The van der Waals surface area contributed by atoms with E-state index in [1.54, 1.807) is 0 Å². The number of carbonyl (C=O) groups excluding carboxylic acids is 1. The molecule has 4 saturated heterocycles. The lowest BCUT2D eigenvalue weighted by Crippen LogP contribution is -2.65. The first-order valence-electron chi connectivity index (χ1n) is 11.2. The van der Waals surface area contributed by atoms with Crippen LogP contribution in [-0.2, 0) is 6.54 Å². The third-order valence-corrected chi connectivity index (χ3v) is 7.55. The lowest BCUT2D eigenvalue weighted by Gasteiger charge is -2.56. The monoisotopic (exact) mass is 387 g/mol. The van der Waals surface area contributed by atoms with Crippen LogP contribution in [0.15, 0.2) is 16.5 Å². The van der Waals surface area contributed by atoms with Crippen molar-refractivity contribution in [1.82, 2.24) is 14.7 Å². The molecule has 5 rings (SSSR count). The molecule has 0 radical (unpaired) electrons. The van der Waals surface area contributed by atoms with Gasteiger partial charge in [0.25, 0.3) is 5.91 Å². The molecule has 1 aromatic rings. The number of amides is 1. The van der Waals surface area contributed by atoms with Gasteiger partial charge in [0.05, 0.1) is 13.2 Å².